The van der Waals surface area contributed by atoms with Crippen LogP contribution in [0.4, 0.5) is 0 Å². The summed E-state index contributed by atoms with van der Waals surface area (Å²) < 4.78 is 0. The van der Waals surface area contributed by atoms with Crippen LogP contribution in [0, 0.1) is 0 Å². The fourth-order valence-corrected chi connectivity index (χ4v) is 1.83. The molecule has 0 spiro atoms. The first-order valence-electron chi connectivity index (χ1n) is 6.03. The Bertz CT molecular complexity index is 567. The number of hydrogen-bond acceptors (Lipinski definition) is 3. The fourth-order valence-electron chi connectivity index (χ4n) is 1.83. The molecule has 0 aromatic heterocycles. The molecule has 0 fully saturated rings. The average molecular weight is 257 g/mol. The summed E-state index contributed by atoms with van der Waals surface area (Å²) in [5.41, 5.74) is 4.04. The average Bonchev–Trinajstić information content (AvgIpc) is 2.45. The van der Waals surface area contributed by atoms with Gasteiger partial charge in [0.05, 0.1) is 12.2 Å². The standard InChI is InChI=1S/C15H15NO3/c1-2-19-16-15(18)14-12(9-6-10-13(14)17)11-7-4-3-5-8-11/h3-10,17H,2H2,1H3,(H,16,18). The van der Waals surface area contributed by atoms with Gasteiger partial charge in [-0.3, -0.25) is 9.63 Å². The van der Waals surface area contributed by atoms with Crippen molar-refractivity contribution in [2.45, 2.75) is 6.92 Å². The lowest BCUT2D eigenvalue weighted by Gasteiger charge is -2.11. The van der Waals surface area contributed by atoms with Crippen molar-refractivity contribution in [2.24, 2.45) is 0 Å². The summed E-state index contributed by atoms with van der Waals surface area (Å²) in [5.74, 6) is -0.530. The first kappa shape index (κ1) is 13.1. The molecule has 0 unspecified atom stereocenters. The molecule has 0 aliphatic heterocycles. The predicted octanol–water partition coefficient (Wildman–Crippen LogP) is 2.74. The topological polar surface area (TPSA) is 58.6 Å². The third-order valence-corrected chi connectivity index (χ3v) is 2.66. The monoisotopic (exact) mass is 257 g/mol. The van der Waals surface area contributed by atoms with Gasteiger partial charge in [0.1, 0.15) is 5.75 Å². The van der Waals surface area contributed by atoms with Gasteiger partial charge < -0.3 is 5.11 Å². The van der Waals surface area contributed by atoms with Crippen molar-refractivity contribution in [2.75, 3.05) is 6.61 Å². The largest absolute Gasteiger partial charge is 0.507 e. The number of phenols is 1. The second-order valence-corrected chi connectivity index (χ2v) is 3.93. The smallest absolute Gasteiger partial charge is 0.279 e. The van der Waals surface area contributed by atoms with Crippen LogP contribution in [-0.4, -0.2) is 17.6 Å². The van der Waals surface area contributed by atoms with Crippen LogP contribution in [-0.2, 0) is 4.84 Å². The summed E-state index contributed by atoms with van der Waals surface area (Å²) in [6.45, 7) is 2.13. The van der Waals surface area contributed by atoms with E-state index in [1.54, 1.807) is 19.1 Å². The molecule has 0 aliphatic carbocycles. The van der Waals surface area contributed by atoms with E-state index in [1.807, 2.05) is 30.3 Å². The Labute approximate surface area is 111 Å². The van der Waals surface area contributed by atoms with Gasteiger partial charge in [0.15, 0.2) is 0 Å². The number of phenolic OH excluding ortho intramolecular Hbond substituents is 1. The van der Waals surface area contributed by atoms with E-state index in [4.69, 9.17) is 4.84 Å². The van der Waals surface area contributed by atoms with Crippen LogP contribution in [0.25, 0.3) is 11.1 Å². The van der Waals surface area contributed by atoms with Gasteiger partial charge in [0.2, 0.25) is 0 Å². The second kappa shape index (κ2) is 6.02. The number of nitrogens with one attached hydrogen (secondary N) is 1. The van der Waals surface area contributed by atoms with Gasteiger partial charge in [-0.2, -0.15) is 0 Å². The molecule has 19 heavy (non-hydrogen) atoms. The predicted molar refractivity (Wildman–Crippen MR) is 72.6 cm³/mol. The van der Waals surface area contributed by atoms with Crippen molar-refractivity contribution >= 4 is 5.91 Å². The number of carbonyl (C=O) groups is 1. The van der Waals surface area contributed by atoms with Crippen LogP contribution in [0.1, 0.15) is 17.3 Å². The van der Waals surface area contributed by atoms with E-state index in [-0.39, 0.29) is 11.3 Å². The van der Waals surface area contributed by atoms with E-state index < -0.39 is 5.91 Å². The number of hydroxylamine groups is 1. The van der Waals surface area contributed by atoms with Crippen LogP contribution in [0.2, 0.25) is 0 Å². The molecule has 98 valence electrons. The van der Waals surface area contributed by atoms with Crippen LogP contribution in [0.15, 0.2) is 48.5 Å². The minimum atomic E-state index is -0.459. The number of rotatable bonds is 4. The second-order valence-electron chi connectivity index (χ2n) is 3.93. The van der Waals surface area contributed by atoms with E-state index in [2.05, 4.69) is 5.48 Å². The highest BCUT2D eigenvalue weighted by Crippen LogP contribution is 2.29. The molecule has 0 saturated carbocycles. The Morgan fingerprint density at radius 3 is 2.58 bits per heavy atom. The van der Waals surface area contributed by atoms with Gasteiger partial charge in [-0.1, -0.05) is 42.5 Å². The molecule has 2 N–H and O–H groups in total. The van der Waals surface area contributed by atoms with Crippen molar-refractivity contribution in [3.63, 3.8) is 0 Å². The highest BCUT2D eigenvalue weighted by atomic mass is 16.6. The van der Waals surface area contributed by atoms with Gasteiger partial charge in [0.25, 0.3) is 5.91 Å². The third-order valence-electron chi connectivity index (χ3n) is 2.66. The third kappa shape index (κ3) is 2.92. The van der Waals surface area contributed by atoms with E-state index in [0.29, 0.717) is 12.2 Å². The van der Waals surface area contributed by atoms with Gasteiger partial charge in [-0.25, -0.2) is 5.48 Å². The molecular weight excluding hydrogens is 242 g/mol. The molecule has 0 saturated heterocycles. The van der Waals surface area contributed by atoms with E-state index in [9.17, 15) is 9.90 Å². The van der Waals surface area contributed by atoms with Crippen LogP contribution in [0.3, 0.4) is 0 Å². The van der Waals surface area contributed by atoms with E-state index in [0.717, 1.165) is 5.56 Å². The maximum atomic E-state index is 12.0. The zero-order valence-electron chi connectivity index (χ0n) is 10.6. The Kier molecular flexibility index (Phi) is 4.15. The highest BCUT2D eigenvalue weighted by molar-refractivity contribution is 6.02. The van der Waals surface area contributed by atoms with Crippen molar-refractivity contribution in [1.82, 2.24) is 5.48 Å². The molecule has 0 radical (unpaired) electrons. The molecule has 4 nitrogen and oxygen atoms in total. The van der Waals surface area contributed by atoms with E-state index >= 15 is 0 Å². The quantitative estimate of drug-likeness (QED) is 0.828. The normalized spacial score (nSPS) is 10.2. The molecule has 1 amide bonds. The summed E-state index contributed by atoms with van der Waals surface area (Å²) in [6, 6.07) is 14.4. The summed E-state index contributed by atoms with van der Waals surface area (Å²) >= 11 is 0. The highest BCUT2D eigenvalue weighted by Gasteiger charge is 2.17. The van der Waals surface area contributed by atoms with E-state index in [1.165, 1.54) is 6.07 Å². The summed E-state index contributed by atoms with van der Waals surface area (Å²) in [7, 11) is 0. The molecular formula is C15H15NO3. The minimum absolute atomic E-state index is 0.0708. The first-order valence-corrected chi connectivity index (χ1v) is 6.03. The SMILES string of the molecule is CCONC(=O)c1c(O)cccc1-c1ccccc1. The number of amides is 1. The van der Waals surface area contributed by atoms with Crippen molar-refractivity contribution in [3.05, 3.63) is 54.1 Å². The molecule has 4 heteroatoms. The Hall–Kier alpha value is -2.33. The molecule has 0 aliphatic rings. The summed E-state index contributed by atoms with van der Waals surface area (Å²) in [6.07, 6.45) is 0. The molecule has 0 bridgehead atoms. The summed E-state index contributed by atoms with van der Waals surface area (Å²) in [5, 5.41) is 9.91. The van der Waals surface area contributed by atoms with Crippen molar-refractivity contribution in [3.8, 4) is 16.9 Å². The molecule has 0 atom stereocenters. The minimum Gasteiger partial charge on any atom is -0.507 e. The first-order chi connectivity index (χ1) is 9.24. The Morgan fingerprint density at radius 2 is 1.89 bits per heavy atom. The van der Waals surface area contributed by atoms with Crippen LogP contribution < -0.4 is 5.48 Å². The molecule has 2 rings (SSSR count). The Balaban J connectivity index is 2.45. The number of hydrogen-bond donors (Lipinski definition) is 2. The number of aromatic hydroxyl groups is 1. The fraction of sp³-hybridized carbons (Fsp3) is 0.133. The van der Waals surface area contributed by atoms with Gasteiger partial charge in [0, 0.05) is 0 Å². The lowest BCUT2D eigenvalue weighted by Crippen LogP contribution is -2.24. The van der Waals surface area contributed by atoms with Gasteiger partial charge in [-0.05, 0) is 24.1 Å². The lowest BCUT2D eigenvalue weighted by molar-refractivity contribution is 0.0363. The number of carbonyl (C=O) groups excluding carboxylic acids is 1. The van der Waals surface area contributed by atoms with Gasteiger partial charge >= 0.3 is 0 Å². The van der Waals surface area contributed by atoms with Crippen LogP contribution >= 0.6 is 0 Å². The maximum Gasteiger partial charge on any atom is 0.279 e. The van der Waals surface area contributed by atoms with Crippen molar-refractivity contribution < 1.29 is 14.7 Å². The van der Waals surface area contributed by atoms with Crippen LogP contribution in [0.5, 0.6) is 5.75 Å². The van der Waals surface area contributed by atoms with Gasteiger partial charge in [-0.15, -0.1) is 0 Å². The van der Waals surface area contributed by atoms with Crippen molar-refractivity contribution in [1.29, 1.82) is 0 Å². The zero-order chi connectivity index (χ0) is 13.7. The maximum absolute atomic E-state index is 12.0. The summed E-state index contributed by atoms with van der Waals surface area (Å²) in [4.78, 5) is 16.9. The number of benzene rings is 2. The molecule has 2 aromatic rings. The molecule has 0 heterocycles. The Morgan fingerprint density at radius 1 is 1.16 bits per heavy atom. The zero-order valence-corrected chi connectivity index (χ0v) is 10.6. The molecule has 2 aromatic carbocycles. The lowest BCUT2D eigenvalue weighted by atomic mass is 9.98.